The van der Waals surface area contributed by atoms with Crippen molar-refractivity contribution in [1.29, 1.82) is 0 Å². The summed E-state index contributed by atoms with van der Waals surface area (Å²) < 4.78 is 32.8. The molecule has 10 heteroatoms. The largest absolute Gasteiger partial charge is 0.381 e. The molecule has 1 saturated heterocycles. The first-order valence-corrected chi connectivity index (χ1v) is 9.00. The molecule has 4 aromatic heterocycles. The molecule has 0 aromatic carbocycles. The molecule has 0 atom stereocenters. The van der Waals surface area contributed by atoms with Gasteiger partial charge in [-0.3, -0.25) is 0 Å². The van der Waals surface area contributed by atoms with Gasteiger partial charge >= 0.3 is 0 Å². The normalized spacial score (nSPS) is 15.7. The number of imidazole rings is 1. The molecule has 28 heavy (non-hydrogen) atoms. The van der Waals surface area contributed by atoms with Gasteiger partial charge in [-0.2, -0.15) is 10.1 Å². The fourth-order valence-corrected chi connectivity index (χ4v) is 3.40. The molecule has 1 aliphatic heterocycles. The summed E-state index contributed by atoms with van der Waals surface area (Å²) in [6, 6.07) is 3.70. The minimum absolute atomic E-state index is 0.240. The van der Waals surface area contributed by atoms with E-state index in [0.717, 1.165) is 43.2 Å². The van der Waals surface area contributed by atoms with Crippen LogP contribution in [0.15, 0.2) is 30.7 Å². The lowest BCUT2D eigenvalue weighted by atomic mass is 10.1. The SMILES string of the molecule is FC(F)c1cnc2ccc(-c3c[nH]c4nc(NC5CCOCC5)ncc34)nn12. The van der Waals surface area contributed by atoms with Crippen LogP contribution >= 0.6 is 0 Å². The van der Waals surface area contributed by atoms with Crippen LogP contribution < -0.4 is 5.32 Å². The van der Waals surface area contributed by atoms with Gasteiger partial charge in [0.15, 0.2) is 5.65 Å². The van der Waals surface area contributed by atoms with E-state index >= 15 is 0 Å². The number of alkyl halides is 2. The van der Waals surface area contributed by atoms with Crippen molar-refractivity contribution in [1.82, 2.24) is 29.5 Å². The summed E-state index contributed by atoms with van der Waals surface area (Å²) in [5, 5.41) is 8.43. The lowest BCUT2D eigenvalue weighted by molar-refractivity contribution is 0.0903. The summed E-state index contributed by atoms with van der Waals surface area (Å²) >= 11 is 0. The van der Waals surface area contributed by atoms with Crippen LogP contribution in [0, 0.1) is 0 Å². The summed E-state index contributed by atoms with van der Waals surface area (Å²) in [4.78, 5) is 16.0. The van der Waals surface area contributed by atoms with Crippen LogP contribution in [0.5, 0.6) is 0 Å². The Morgan fingerprint density at radius 1 is 1.18 bits per heavy atom. The summed E-state index contributed by atoms with van der Waals surface area (Å²) in [5.41, 5.74) is 2.06. The van der Waals surface area contributed by atoms with Crippen LogP contribution in [0.1, 0.15) is 25.0 Å². The number of aromatic amines is 1. The van der Waals surface area contributed by atoms with Crippen LogP contribution in [0.2, 0.25) is 0 Å². The molecule has 1 aliphatic rings. The molecular weight excluding hydrogens is 368 g/mol. The van der Waals surface area contributed by atoms with E-state index in [-0.39, 0.29) is 5.69 Å². The number of aromatic nitrogens is 6. The average molecular weight is 385 g/mol. The zero-order chi connectivity index (χ0) is 19.1. The fourth-order valence-electron chi connectivity index (χ4n) is 3.40. The average Bonchev–Trinajstić information content (AvgIpc) is 3.32. The standard InChI is InChI=1S/C18H17F2N7O/c19-16(20)14-9-21-15-2-1-13(26-27(14)15)11-7-22-17-12(11)8-23-18(25-17)24-10-3-5-28-6-4-10/h1-2,7-10,16H,3-6H2,(H2,22,23,24,25). The van der Waals surface area contributed by atoms with E-state index in [9.17, 15) is 8.78 Å². The number of nitrogens with one attached hydrogen (secondary N) is 2. The van der Waals surface area contributed by atoms with Crippen LogP contribution in [0.25, 0.3) is 27.9 Å². The zero-order valence-electron chi connectivity index (χ0n) is 14.8. The molecule has 1 fully saturated rings. The maximum Gasteiger partial charge on any atom is 0.282 e. The minimum atomic E-state index is -2.65. The number of H-pyrrole nitrogens is 1. The molecule has 0 aliphatic carbocycles. The topological polar surface area (TPSA) is 93.0 Å². The Morgan fingerprint density at radius 3 is 2.86 bits per heavy atom. The number of hydrogen-bond donors (Lipinski definition) is 2. The summed E-state index contributed by atoms with van der Waals surface area (Å²) in [5.74, 6) is 0.547. The van der Waals surface area contributed by atoms with Gasteiger partial charge in [0.1, 0.15) is 11.3 Å². The molecule has 5 rings (SSSR count). The van der Waals surface area contributed by atoms with E-state index in [4.69, 9.17) is 4.74 Å². The summed E-state index contributed by atoms with van der Waals surface area (Å²) in [6.07, 6.45) is 3.79. The van der Waals surface area contributed by atoms with Gasteiger partial charge in [0.2, 0.25) is 5.95 Å². The molecule has 0 saturated carbocycles. The first kappa shape index (κ1) is 17.0. The fraction of sp³-hybridized carbons (Fsp3) is 0.333. The Balaban J connectivity index is 1.49. The maximum atomic E-state index is 13.2. The number of fused-ring (bicyclic) bond motifs is 2. The second-order valence-corrected chi connectivity index (χ2v) is 6.66. The number of anilines is 1. The van der Waals surface area contributed by atoms with Crippen LogP contribution in [0.4, 0.5) is 14.7 Å². The van der Waals surface area contributed by atoms with Gasteiger partial charge in [-0.25, -0.2) is 23.3 Å². The van der Waals surface area contributed by atoms with E-state index < -0.39 is 6.43 Å². The number of nitrogens with zero attached hydrogens (tertiary/aromatic N) is 5. The second kappa shape index (κ2) is 6.79. The van der Waals surface area contributed by atoms with Crippen molar-refractivity contribution in [2.24, 2.45) is 0 Å². The summed E-state index contributed by atoms with van der Waals surface area (Å²) in [7, 11) is 0. The highest BCUT2D eigenvalue weighted by Gasteiger charge is 2.18. The molecule has 0 radical (unpaired) electrons. The first-order chi connectivity index (χ1) is 13.7. The molecule has 8 nitrogen and oxygen atoms in total. The third-order valence-electron chi connectivity index (χ3n) is 4.87. The number of rotatable bonds is 4. The Hall–Kier alpha value is -3.14. The lowest BCUT2D eigenvalue weighted by Crippen LogP contribution is -2.28. The van der Waals surface area contributed by atoms with Gasteiger partial charge < -0.3 is 15.0 Å². The highest BCUT2D eigenvalue weighted by molar-refractivity contribution is 5.92. The molecule has 0 unspecified atom stereocenters. The molecule has 5 heterocycles. The van der Waals surface area contributed by atoms with Crippen molar-refractivity contribution in [3.8, 4) is 11.3 Å². The van der Waals surface area contributed by atoms with Crippen molar-refractivity contribution in [2.75, 3.05) is 18.5 Å². The van der Waals surface area contributed by atoms with Crippen molar-refractivity contribution in [2.45, 2.75) is 25.3 Å². The van der Waals surface area contributed by atoms with Gasteiger partial charge in [-0.1, -0.05) is 0 Å². The molecular formula is C18H17F2N7O. The van der Waals surface area contributed by atoms with Crippen LogP contribution in [0.3, 0.4) is 0 Å². The van der Waals surface area contributed by atoms with Crippen molar-refractivity contribution >= 4 is 22.6 Å². The Kier molecular flexibility index (Phi) is 4.12. The number of hydrogen-bond acceptors (Lipinski definition) is 6. The van der Waals surface area contributed by atoms with Gasteiger partial charge in [-0.15, -0.1) is 0 Å². The van der Waals surface area contributed by atoms with Crippen molar-refractivity contribution in [3.05, 3.63) is 36.4 Å². The maximum absolute atomic E-state index is 13.2. The third-order valence-corrected chi connectivity index (χ3v) is 4.87. The van der Waals surface area contributed by atoms with E-state index in [0.29, 0.717) is 29.0 Å². The highest BCUT2D eigenvalue weighted by Crippen LogP contribution is 2.28. The predicted octanol–water partition coefficient (Wildman–Crippen LogP) is 3.20. The monoisotopic (exact) mass is 385 g/mol. The van der Waals surface area contributed by atoms with Crippen LogP contribution in [-0.4, -0.2) is 48.8 Å². The van der Waals surface area contributed by atoms with E-state index in [2.05, 4.69) is 30.4 Å². The van der Waals surface area contributed by atoms with E-state index in [1.54, 1.807) is 24.5 Å². The Morgan fingerprint density at radius 2 is 2.04 bits per heavy atom. The van der Waals surface area contributed by atoms with Gasteiger partial charge in [0.05, 0.1) is 11.9 Å². The van der Waals surface area contributed by atoms with E-state index in [1.807, 2.05) is 0 Å². The van der Waals surface area contributed by atoms with Gasteiger partial charge in [0.25, 0.3) is 6.43 Å². The molecule has 0 amide bonds. The van der Waals surface area contributed by atoms with Crippen LogP contribution in [-0.2, 0) is 4.74 Å². The second-order valence-electron chi connectivity index (χ2n) is 6.66. The molecule has 0 bridgehead atoms. The van der Waals surface area contributed by atoms with Gasteiger partial charge in [-0.05, 0) is 25.0 Å². The summed E-state index contributed by atoms with van der Waals surface area (Å²) in [6.45, 7) is 1.46. The predicted molar refractivity (Wildman–Crippen MR) is 98.3 cm³/mol. The van der Waals surface area contributed by atoms with Gasteiger partial charge in [0, 0.05) is 42.6 Å². The van der Waals surface area contributed by atoms with Crippen molar-refractivity contribution < 1.29 is 13.5 Å². The van der Waals surface area contributed by atoms with E-state index in [1.165, 1.54) is 4.52 Å². The Labute approximate surface area is 158 Å². The number of halogens is 2. The number of ether oxygens (including phenoxy) is 1. The molecule has 0 spiro atoms. The quantitative estimate of drug-likeness (QED) is 0.560. The minimum Gasteiger partial charge on any atom is -0.381 e. The Bertz CT molecular complexity index is 1130. The zero-order valence-corrected chi connectivity index (χ0v) is 14.8. The van der Waals surface area contributed by atoms with Crippen molar-refractivity contribution in [3.63, 3.8) is 0 Å². The first-order valence-electron chi connectivity index (χ1n) is 9.00. The molecule has 144 valence electrons. The third kappa shape index (κ3) is 2.95. The highest BCUT2D eigenvalue weighted by atomic mass is 19.3. The molecule has 2 N–H and O–H groups in total. The smallest absolute Gasteiger partial charge is 0.282 e. The lowest BCUT2D eigenvalue weighted by Gasteiger charge is -2.22. The molecule has 4 aromatic rings.